The van der Waals surface area contributed by atoms with Gasteiger partial charge in [-0.1, -0.05) is 0 Å². The number of rotatable bonds is 5. The van der Waals surface area contributed by atoms with Crippen LogP contribution >= 0.6 is 0 Å². The quantitative estimate of drug-likeness (QED) is 0.826. The molecule has 0 saturated carbocycles. The first kappa shape index (κ1) is 18.4. The summed E-state index contributed by atoms with van der Waals surface area (Å²) in [6.45, 7) is 0.779. The Morgan fingerprint density at radius 1 is 1.00 bits per heavy atom. The molecular formula is C22H24O7. The molecular weight excluding hydrogens is 376 g/mol. The number of hydrogen-bond acceptors (Lipinski definition) is 7. The number of methoxy groups -OCH3 is 3. The van der Waals surface area contributed by atoms with Crippen LogP contribution in [0.3, 0.4) is 0 Å². The average molecular weight is 400 g/mol. The second-order valence-corrected chi connectivity index (χ2v) is 7.58. The number of aliphatic hydroxyl groups excluding tert-OH is 1. The van der Waals surface area contributed by atoms with Gasteiger partial charge >= 0.3 is 0 Å². The van der Waals surface area contributed by atoms with E-state index in [9.17, 15) is 5.11 Å². The fraction of sp³-hybridized carbons (Fsp3) is 0.455. The third-order valence-electron chi connectivity index (χ3n) is 6.39. The molecule has 2 aromatic carbocycles. The molecule has 2 aliphatic heterocycles. The van der Waals surface area contributed by atoms with Crippen LogP contribution in [0, 0.1) is 11.8 Å². The van der Waals surface area contributed by atoms with Crippen LogP contribution in [-0.4, -0.2) is 46.4 Å². The van der Waals surface area contributed by atoms with Gasteiger partial charge < -0.3 is 33.5 Å². The molecule has 1 N–H and O–H groups in total. The first-order valence-corrected chi connectivity index (χ1v) is 9.64. The van der Waals surface area contributed by atoms with Gasteiger partial charge in [0.25, 0.3) is 0 Å². The molecule has 0 radical (unpaired) electrons. The lowest BCUT2D eigenvalue weighted by atomic mass is 9.65. The Bertz CT molecular complexity index is 931. The summed E-state index contributed by atoms with van der Waals surface area (Å²) in [5.41, 5.74) is 2.16. The first-order chi connectivity index (χ1) is 14.2. The van der Waals surface area contributed by atoms with Gasteiger partial charge in [-0.25, -0.2) is 0 Å². The molecule has 29 heavy (non-hydrogen) atoms. The molecule has 2 aromatic rings. The molecule has 2 bridgehead atoms. The summed E-state index contributed by atoms with van der Waals surface area (Å²) >= 11 is 0. The highest BCUT2D eigenvalue weighted by molar-refractivity contribution is 5.60. The summed E-state index contributed by atoms with van der Waals surface area (Å²) < 4.78 is 34.4. The number of ether oxygens (including phenoxy) is 6. The van der Waals surface area contributed by atoms with E-state index in [1.807, 2.05) is 24.3 Å². The molecule has 0 unspecified atom stereocenters. The SMILES string of the molecule is COc1cc([C@]23OC[C@H](Cc4cc5c(cc42)OCO5)[C@@H]3CO)cc(OC)c1OC. The maximum atomic E-state index is 10.3. The Labute approximate surface area is 169 Å². The van der Waals surface area contributed by atoms with E-state index in [1.165, 1.54) is 0 Å². The zero-order valence-electron chi connectivity index (χ0n) is 16.7. The summed E-state index contributed by atoms with van der Waals surface area (Å²) in [5, 5.41) is 10.3. The largest absolute Gasteiger partial charge is 0.493 e. The Kier molecular flexibility index (Phi) is 4.26. The standard InChI is InChI=1S/C22H24O7/c1-24-19-6-14(7-20(25-2)21(19)26-3)22-15-8-18-17(27-11-28-18)5-12(15)4-13(10-29-22)16(22)9-23/h5-8,13,16,23H,4,9-11H2,1-3H3/t13-,16-,22-/m0/s1. The van der Waals surface area contributed by atoms with Crippen molar-refractivity contribution < 1.29 is 33.5 Å². The predicted octanol–water partition coefficient (Wildman–Crippen LogP) is 2.50. The van der Waals surface area contributed by atoms with Gasteiger partial charge in [0, 0.05) is 12.5 Å². The van der Waals surface area contributed by atoms with E-state index in [-0.39, 0.29) is 25.2 Å². The van der Waals surface area contributed by atoms with Crippen molar-refractivity contribution in [2.45, 2.75) is 12.0 Å². The molecule has 7 nitrogen and oxygen atoms in total. The predicted molar refractivity (Wildman–Crippen MR) is 103 cm³/mol. The zero-order valence-corrected chi connectivity index (χ0v) is 16.7. The summed E-state index contributed by atoms with van der Waals surface area (Å²) in [4.78, 5) is 0. The minimum Gasteiger partial charge on any atom is -0.493 e. The van der Waals surface area contributed by atoms with Gasteiger partial charge in [0.05, 0.1) is 27.9 Å². The smallest absolute Gasteiger partial charge is 0.231 e. The van der Waals surface area contributed by atoms with Crippen molar-refractivity contribution in [2.75, 3.05) is 41.3 Å². The van der Waals surface area contributed by atoms with Gasteiger partial charge in [-0.05, 0) is 53.3 Å². The van der Waals surface area contributed by atoms with Crippen molar-refractivity contribution in [3.05, 3.63) is 41.0 Å². The Hall–Kier alpha value is -2.64. The molecule has 1 saturated heterocycles. The van der Waals surface area contributed by atoms with Gasteiger partial charge in [-0.2, -0.15) is 0 Å². The van der Waals surface area contributed by atoms with E-state index in [4.69, 9.17) is 28.4 Å². The molecule has 0 aromatic heterocycles. The van der Waals surface area contributed by atoms with E-state index in [2.05, 4.69) is 0 Å². The minimum absolute atomic E-state index is 0.00914. The van der Waals surface area contributed by atoms with Crippen molar-refractivity contribution in [3.8, 4) is 28.7 Å². The third-order valence-corrected chi connectivity index (χ3v) is 6.39. The second kappa shape index (κ2) is 6.71. The van der Waals surface area contributed by atoms with Crippen molar-refractivity contribution in [2.24, 2.45) is 11.8 Å². The monoisotopic (exact) mass is 400 g/mol. The number of fused-ring (bicyclic) bond motifs is 5. The molecule has 1 fully saturated rings. The van der Waals surface area contributed by atoms with Crippen LogP contribution in [0.15, 0.2) is 24.3 Å². The molecule has 7 heteroatoms. The fourth-order valence-electron chi connectivity index (χ4n) is 5.08. The topological polar surface area (TPSA) is 75.6 Å². The highest BCUT2D eigenvalue weighted by atomic mass is 16.7. The summed E-state index contributed by atoms with van der Waals surface area (Å²) in [6.07, 6.45) is 0.823. The molecule has 3 aliphatic rings. The second-order valence-electron chi connectivity index (χ2n) is 7.58. The molecule has 1 aliphatic carbocycles. The minimum atomic E-state index is -0.833. The normalized spacial score (nSPS) is 26.2. The van der Waals surface area contributed by atoms with Gasteiger partial charge in [-0.15, -0.1) is 0 Å². The van der Waals surface area contributed by atoms with Crippen molar-refractivity contribution in [1.82, 2.24) is 0 Å². The molecule has 0 spiro atoms. The van der Waals surface area contributed by atoms with Gasteiger partial charge in [0.2, 0.25) is 12.5 Å². The molecule has 2 heterocycles. The summed E-state index contributed by atoms with van der Waals surface area (Å²) in [5.74, 6) is 3.17. The third kappa shape index (κ3) is 2.44. The van der Waals surface area contributed by atoms with Gasteiger partial charge in [0.1, 0.15) is 5.60 Å². The Balaban J connectivity index is 1.77. The number of aliphatic hydroxyl groups is 1. The van der Waals surface area contributed by atoms with Crippen LogP contribution < -0.4 is 23.7 Å². The van der Waals surface area contributed by atoms with Crippen molar-refractivity contribution in [3.63, 3.8) is 0 Å². The highest BCUT2D eigenvalue weighted by Crippen LogP contribution is 2.58. The summed E-state index contributed by atoms with van der Waals surface area (Å²) in [7, 11) is 4.76. The van der Waals surface area contributed by atoms with Crippen LogP contribution in [-0.2, 0) is 16.8 Å². The lowest BCUT2D eigenvalue weighted by molar-refractivity contribution is -0.00721. The molecule has 154 valence electrons. The van der Waals surface area contributed by atoms with E-state index < -0.39 is 5.60 Å². The molecule has 5 rings (SSSR count). The van der Waals surface area contributed by atoms with Crippen LogP contribution in [0.1, 0.15) is 16.7 Å². The van der Waals surface area contributed by atoms with Crippen LogP contribution in [0.2, 0.25) is 0 Å². The lowest BCUT2D eigenvalue weighted by Gasteiger charge is -2.41. The van der Waals surface area contributed by atoms with E-state index in [0.717, 1.165) is 28.9 Å². The Morgan fingerprint density at radius 2 is 1.69 bits per heavy atom. The van der Waals surface area contributed by atoms with E-state index in [1.54, 1.807) is 21.3 Å². The van der Waals surface area contributed by atoms with Crippen molar-refractivity contribution >= 4 is 0 Å². The van der Waals surface area contributed by atoms with Gasteiger partial charge in [0.15, 0.2) is 23.0 Å². The average Bonchev–Trinajstić information content (AvgIpc) is 3.32. The Morgan fingerprint density at radius 3 is 2.31 bits per heavy atom. The highest BCUT2D eigenvalue weighted by Gasteiger charge is 2.56. The lowest BCUT2D eigenvalue weighted by Crippen LogP contribution is -2.42. The van der Waals surface area contributed by atoms with Crippen LogP contribution in [0.4, 0.5) is 0 Å². The van der Waals surface area contributed by atoms with E-state index in [0.29, 0.717) is 29.6 Å². The zero-order chi connectivity index (χ0) is 20.2. The van der Waals surface area contributed by atoms with E-state index >= 15 is 0 Å². The first-order valence-electron chi connectivity index (χ1n) is 9.64. The number of benzene rings is 2. The van der Waals surface area contributed by atoms with Crippen LogP contribution in [0.5, 0.6) is 28.7 Å². The fourth-order valence-corrected chi connectivity index (χ4v) is 5.08. The molecule has 3 atom stereocenters. The maximum absolute atomic E-state index is 10.3. The maximum Gasteiger partial charge on any atom is 0.231 e. The van der Waals surface area contributed by atoms with Crippen LogP contribution in [0.25, 0.3) is 0 Å². The molecule has 0 amide bonds. The van der Waals surface area contributed by atoms with Gasteiger partial charge in [-0.3, -0.25) is 0 Å². The van der Waals surface area contributed by atoms with Crippen molar-refractivity contribution in [1.29, 1.82) is 0 Å². The number of hydrogen-bond donors (Lipinski definition) is 1. The summed E-state index contributed by atoms with van der Waals surface area (Å²) in [6, 6.07) is 7.85.